The highest BCUT2D eigenvalue weighted by atomic mass is 16.5. The van der Waals surface area contributed by atoms with Crippen molar-refractivity contribution in [2.45, 2.75) is 71.4 Å². The molecule has 5 rings (SSSR count). The zero-order valence-electron chi connectivity index (χ0n) is 20.1. The number of ether oxygens (including phenoxy) is 2. The Hall–Kier alpha value is -1.86. The smallest absolute Gasteiger partial charge is 0.258 e. The fourth-order valence-electron chi connectivity index (χ4n) is 6.14. The maximum Gasteiger partial charge on any atom is 0.258 e. The number of nitrogens with zero attached hydrogens (tertiary/aromatic N) is 2. The molecule has 1 aromatic heterocycles. The van der Waals surface area contributed by atoms with Gasteiger partial charge in [-0.1, -0.05) is 33.8 Å². The lowest BCUT2D eigenvalue weighted by Crippen LogP contribution is -2.61. The van der Waals surface area contributed by atoms with Gasteiger partial charge in [-0.25, -0.2) is 4.68 Å². The number of nitrogens with one attached hydrogen (secondary N) is 1. The Morgan fingerprint density at radius 3 is 2.62 bits per heavy atom. The monoisotopic (exact) mass is 445 g/mol. The third kappa shape index (κ3) is 4.88. The highest BCUT2D eigenvalue weighted by Gasteiger charge is 2.55. The predicted molar refractivity (Wildman–Crippen MR) is 123 cm³/mol. The Morgan fingerprint density at radius 1 is 1.34 bits per heavy atom. The quantitative estimate of drug-likeness (QED) is 0.605. The molecule has 1 heterocycles. The summed E-state index contributed by atoms with van der Waals surface area (Å²) in [5, 5.41) is 18.6. The standard InChI is InChI=1S/C25H39N3O4/c1-16(2)14-32-23-20(13-26-28(23)7-6-24(3,4)15-31-5)22(29)27-21-18-8-17-9-19(21)12-25(30,10-17)11-18/h6-7,13,16-19,21,30H,8-12,14-15H2,1-5H3,(H,27,29). The largest absolute Gasteiger partial charge is 0.477 e. The van der Waals surface area contributed by atoms with E-state index in [4.69, 9.17) is 9.47 Å². The third-order valence-corrected chi connectivity index (χ3v) is 7.27. The summed E-state index contributed by atoms with van der Waals surface area (Å²) in [5.74, 6) is 2.00. The number of hydrogen-bond donors (Lipinski definition) is 2. The summed E-state index contributed by atoms with van der Waals surface area (Å²) in [4.78, 5) is 13.3. The Bertz CT molecular complexity index is 843. The molecule has 2 N–H and O–H groups in total. The van der Waals surface area contributed by atoms with Gasteiger partial charge in [-0.15, -0.1) is 0 Å². The van der Waals surface area contributed by atoms with Crippen molar-refractivity contribution in [2.75, 3.05) is 20.3 Å². The molecule has 32 heavy (non-hydrogen) atoms. The van der Waals surface area contributed by atoms with Gasteiger partial charge in [0.15, 0.2) is 0 Å². The molecule has 1 amide bonds. The molecular formula is C25H39N3O4. The molecule has 2 atom stereocenters. The van der Waals surface area contributed by atoms with Crippen molar-refractivity contribution in [2.24, 2.45) is 29.1 Å². The van der Waals surface area contributed by atoms with E-state index in [1.54, 1.807) is 18.0 Å². The summed E-state index contributed by atoms with van der Waals surface area (Å²) >= 11 is 0. The van der Waals surface area contributed by atoms with Gasteiger partial charge in [0.1, 0.15) is 5.56 Å². The summed E-state index contributed by atoms with van der Waals surface area (Å²) in [7, 11) is 1.69. The molecule has 4 aliphatic rings. The molecule has 0 aromatic carbocycles. The van der Waals surface area contributed by atoms with Crippen LogP contribution in [0.25, 0.3) is 6.20 Å². The first-order valence-electron chi connectivity index (χ1n) is 12.0. The second-order valence-corrected chi connectivity index (χ2v) is 11.4. The first-order valence-corrected chi connectivity index (χ1v) is 12.0. The van der Waals surface area contributed by atoms with Crippen LogP contribution in [0.2, 0.25) is 0 Å². The number of hydrogen-bond acceptors (Lipinski definition) is 5. The van der Waals surface area contributed by atoms with E-state index >= 15 is 0 Å². The number of carbonyl (C=O) groups is 1. The second kappa shape index (κ2) is 8.82. The Labute approximate surface area is 191 Å². The van der Waals surface area contributed by atoms with E-state index in [0.29, 0.717) is 48.3 Å². The van der Waals surface area contributed by atoms with Crippen molar-refractivity contribution in [1.82, 2.24) is 15.1 Å². The lowest BCUT2D eigenvalue weighted by Gasteiger charge is -2.58. The lowest BCUT2D eigenvalue weighted by molar-refractivity contribution is -0.136. The molecule has 178 valence electrons. The minimum Gasteiger partial charge on any atom is -0.477 e. The van der Waals surface area contributed by atoms with Crippen LogP contribution in [0, 0.1) is 29.1 Å². The minimum absolute atomic E-state index is 0.122. The van der Waals surface area contributed by atoms with Gasteiger partial charge in [-0.2, -0.15) is 5.10 Å². The zero-order chi connectivity index (χ0) is 23.1. The van der Waals surface area contributed by atoms with Crippen molar-refractivity contribution in [3.05, 3.63) is 17.8 Å². The van der Waals surface area contributed by atoms with Crippen LogP contribution in [0.4, 0.5) is 0 Å². The number of methoxy groups -OCH3 is 1. The fourth-order valence-corrected chi connectivity index (χ4v) is 6.14. The number of carbonyl (C=O) groups excluding carboxylic acids is 1. The fraction of sp³-hybridized carbons (Fsp3) is 0.760. The van der Waals surface area contributed by atoms with Crippen LogP contribution in [-0.2, 0) is 4.74 Å². The molecule has 0 aliphatic heterocycles. The molecule has 7 heteroatoms. The van der Waals surface area contributed by atoms with Crippen LogP contribution in [0.3, 0.4) is 0 Å². The molecule has 0 saturated heterocycles. The Kier molecular flexibility index (Phi) is 6.43. The average molecular weight is 446 g/mol. The molecular weight excluding hydrogens is 406 g/mol. The molecule has 1 aromatic rings. The lowest BCUT2D eigenvalue weighted by atomic mass is 9.52. The van der Waals surface area contributed by atoms with Gasteiger partial charge in [0.25, 0.3) is 5.91 Å². The van der Waals surface area contributed by atoms with E-state index in [1.807, 2.05) is 12.3 Å². The van der Waals surface area contributed by atoms with Crippen LogP contribution < -0.4 is 10.1 Å². The number of aromatic nitrogens is 2. The van der Waals surface area contributed by atoms with Crippen molar-refractivity contribution >= 4 is 12.1 Å². The van der Waals surface area contributed by atoms with Gasteiger partial charge in [-0.3, -0.25) is 4.79 Å². The number of amides is 1. The summed E-state index contributed by atoms with van der Waals surface area (Å²) in [5.41, 5.74) is -0.208. The van der Waals surface area contributed by atoms with Gasteiger partial charge in [-0.05, 0) is 55.8 Å². The van der Waals surface area contributed by atoms with E-state index in [9.17, 15) is 9.90 Å². The van der Waals surface area contributed by atoms with Crippen LogP contribution in [0.5, 0.6) is 5.88 Å². The summed E-state index contributed by atoms with van der Waals surface area (Å²) in [6, 6.07) is 0.122. The Balaban J connectivity index is 1.52. The molecule has 0 radical (unpaired) electrons. The first kappa shape index (κ1) is 23.3. The SMILES string of the molecule is COCC(C)(C)C=Cn1ncc(C(=O)NC2C3CC4CC2CC(O)(C4)C3)c1OCC(C)C. The van der Waals surface area contributed by atoms with Gasteiger partial charge in [0.2, 0.25) is 5.88 Å². The predicted octanol–water partition coefficient (Wildman–Crippen LogP) is 3.73. The topological polar surface area (TPSA) is 85.6 Å². The van der Waals surface area contributed by atoms with Gasteiger partial charge in [0.05, 0.1) is 25.0 Å². The first-order chi connectivity index (χ1) is 15.1. The van der Waals surface area contributed by atoms with Gasteiger partial charge < -0.3 is 19.9 Å². The van der Waals surface area contributed by atoms with E-state index in [1.165, 1.54) is 0 Å². The minimum atomic E-state index is -0.506. The van der Waals surface area contributed by atoms with E-state index in [-0.39, 0.29) is 17.4 Å². The normalized spacial score (nSPS) is 31.6. The highest BCUT2D eigenvalue weighted by molar-refractivity contribution is 5.96. The third-order valence-electron chi connectivity index (χ3n) is 7.27. The molecule has 2 unspecified atom stereocenters. The van der Waals surface area contributed by atoms with Crippen LogP contribution in [-0.4, -0.2) is 52.8 Å². The van der Waals surface area contributed by atoms with E-state index < -0.39 is 5.60 Å². The molecule has 4 saturated carbocycles. The molecule has 4 fully saturated rings. The van der Waals surface area contributed by atoms with Gasteiger partial charge >= 0.3 is 0 Å². The molecule has 0 spiro atoms. The molecule has 7 nitrogen and oxygen atoms in total. The highest BCUT2D eigenvalue weighted by Crippen LogP contribution is 2.55. The Morgan fingerprint density at radius 2 is 2.03 bits per heavy atom. The van der Waals surface area contributed by atoms with Crippen molar-refractivity contribution in [3.63, 3.8) is 0 Å². The van der Waals surface area contributed by atoms with Crippen molar-refractivity contribution in [3.8, 4) is 5.88 Å². The van der Waals surface area contributed by atoms with Crippen LogP contribution >= 0.6 is 0 Å². The average Bonchev–Trinajstić information content (AvgIpc) is 3.09. The van der Waals surface area contributed by atoms with E-state index in [0.717, 1.165) is 32.1 Å². The molecule has 4 aliphatic carbocycles. The summed E-state index contributed by atoms with van der Waals surface area (Å²) in [6.45, 7) is 9.41. The second-order valence-electron chi connectivity index (χ2n) is 11.4. The maximum absolute atomic E-state index is 13.3. The summed E-state index contributed by atoms with van der Waals surface area (Å²) < 4.78 is 13.0. The summed E-state index contributed by atoms with van der Waals surface area (Å²) in [6.07, 6.45) is 10.2. The maximum atomic E-state index is 13.3. The van der Waals surface area contributed by atoms with Crippen LogP contribution in [0.1, 0.15) is 70.2 Å². The van der Waals surface area contributed by atoms with Crippen LogP contribution in [0.15, 0.2) is 12.3 Å². The zero-order valence-corrected chi connectivity index (χ0v) is 20.1. The van der Waals surface area contributed by atoms with Crippen molar-refractivity contribution in [1.29, 1.82) is 0 Å². The van der Waals surface area contributed by atoms with E-state index in [2.05, 4.69) is 38.1 Å². The number of aliphatic hydroxyl groups is 1. The van der Waals surface area contributed by atoms with Gasteiger partial charge in [0, 0.05) is 24.8 Å². The number of rotatable bonds is 9. The molecule has 4 bridgehead atoms. The van der Waals surface area contributed by atoms with Crippen molar-refractivity contribution < 1.29 is 19.4 Å².